The number of fused-ring (bicyclic) bond motifs is 1. The third-order valence-corrected chi connectivity index (χ3v) is 6.22. The molecule has 0 spiro atoms. The van der Waals surface area contributed by atoms with Gasteiger partial charge in [0, 0.05) is 16.8 Å². The first kappa shape index (κ1) is 20.1. The first-order valence-electron chi connectivity index (χ1n) is 8.91. The standard InChI is InChI=1S/C21H15FN4O2S2/c1-12(27)13-4-8-16(9-5-13)25-17(28)10-29-21-20-19(23-11-24-21)18(26-30-20)14-2-6-15(22)7-3-14/h2-9,11H,10H2,1H3,(H,25,28). The molecule has 1 N–H and O–H groups in total. The lowest BCUT2D eigenvalue weighted by Gasteiger charge is -2.06. The highest BCUT2D eigenvalue weighted by molar-refractivity contribution is 8.00. The second kappa shape index (κ2) is 8.68. The highest BCUT2D eigenvalue weighted by atomic mass is 32.2. The Labute approximate surface area is 179 Å². The summed E-state index contributed by atoms with van der Waals surface area (Å²) >= 11 is 2.54. The maximum absolute atomic E-state index is 13.2. The number of benzene rings is 2. The number of rotatable bonds is 6. The van der Waals surface area contributed by atoms with Crippen molar-refractivity contribution in [1.29, 1.82) is 0 Å². The minimum absolute atomic E-state index is 0.0271. The van der Waals surface area contributed by atoms with Gasteiger partial charge >= 0.3 is 0 Å². The molecule has 9 heteroatoms. The normalized spacial score (nSPS) is 10.9. The van der Waals surface area contributed by atoms with E-state index >= 15 is 0 Å². The Morgan fingerprint density at radius 1 is 1.07 bits per heavy atom. The zero-order valence-electron chi connectivity index (χ0n) is 15.8. The molecule has 6 nitrogen and oxygen atoms in total. The van der Waals surface area contributed by atoms with E-state index < -0.39 is 0 Å². The summed E-state index contributed by atoms with van der Waals surface area (Å²) in [5, 5.41) is 3.46. The van der Waals surface area contributed by atoms with E-state index in [0.29, 0.717) is 27.5 Å². The molecule has 2 heterocycles. The summed E-state index contributed by atoms with van der Waals surface area (Å²) in [6, 6.07) is 12.8. The van der Waals surface area contributed by atoms with Crippen LogP contribution in [-0.4, -0.2) is 31.8 Å². The Morgan fingerprint density at radius 2 is 1.80 bits per heavy atom. The maximum atomic E-state index is 13.2. The molecule has 1 amide bonds. The summed E-state index contributed by atoms with van der Waals surface area (Å²) < 4.78 is 18.4. The number of carbonyl (C=O) groups is 2. The van der Waals surface area contributed by atoms with E-state index in [9.17, 15) is 14.0 Å². The molecule has 0 saturated heterocycles. The van der Waals surface area contributed by atoms with E-state index in [0.717, 1.165) is 10.3 Å². The minimum Gasteiger partial charge on any atom is -0.325 e. The number of amides is 1. The summed E-state index contributed by atoms with van der Waals surface area (Å²) in [7, 11) is 0. The van der Waals surface area contributed by atoms with Crippen molar-refractivity contribution in [3.8, 4) is 11.3 Å². The highest BCUT2D eigenvalue weighted by Gasteiger charge is 2.15. The van der Waals surface area contributed by atoms with Gasteiger partial charge in [0.05, 0.1) is 5.75 Å². The number of nitrogens with one attached hydrogen (secondary N) is 1. The topological polar surface area (TPSA) is 84.8 Å². The Bertz CT molecular complexity index is 1220. The monoisotopic (exact) mass is 438 g/mol. The van der Waals surface area contributed by atoms with Crippen molar-refractivity contribution in [3.05, 3.63) is 66.2 Å². The Balaban J connectivity index is 1.47. The molecule has 0 atom stereocenters. The van der Waals surface area contributed by atoms with Crippen LogP contribution in [0.1, 0.15) is 17.3 Å². The van der Waals surface area contributed by atoms with Gasteiger partial charge in [0.1, 0.15) is 33.1 Å². The van der Waals surface area contributed by atoms with Crippen LogP contribution < -0.4 is 5.32 Å². The molecule has 0 fully saturated rings. The lowest BCUT2D eigenvalue weighted by molar-refractivity contribution is -0.113. The van der Waals surface area contributed by atoms with E-state index in [2.05, 4.69) is 19.7 Å². The minimum atomic E-state index is -0.314. The van der Waals surface area contributed by atoms with Crippen LogP contribution in [0.25, 0.3) is 21.5 Å². The summed E-state index contributed by atoms with van der Waals surface area (Å²) in [6.45, 7) is 1.49. The lowest BCUT2D eigenvalue weighted by Crippen LogP contribution is -2.14. The molecule has 30 heavy (non-hydrogen) atoms. The Hall–Kier alpha value is -3.17. The van der Waals surface area contributed by atoms with Gasteiger partial charge in [-0.05, 0) is 67.0 Å². The smallest absolute Gasteiger partial charge is 0.234 e. The number of anilines is 1. The van der Waals surface area contributed by atoms with E-state index in [4.69, 9.17) is 0 Å². The molecule has 4 aromatic rings. The van der Waals surface area contributed by atoms with Crippen molar-refractivity contribution < 1.29 is 14.0 Å². The molecule has 0 unspecified atom stereocenters. The van der Waals surface area contributed by atoms with Crippen molar-refractivity contribution in [1.82, 2.24) is 14.3 Å². The van der Waals surface area contributed by atoms with E-state index in [1.807, 2.05) is 0 Å². The molecule has 0 aliphatic carbocycles. The van der Waals surface area contributed by atoms with Crippen LogP contribution in [0.5, 0.6) is 0 Å². The molecule has 0 bridgehead atoms. The van der Waals surface area contributed by atoms with Gasteiger partial charge in [0.2, 0.25) is 5.91 Å². The Morgan fingerprint density at radius 3 is 2.50 bits per heavy atom. The SMILES string of the molecule is CC(=O)c1ccc(NC(=O)CSc2ncnc3c(-c4ccc(F)cc4)nsc23)cc1. The molecule has 2 aromatic heterocycles. The summed E-state index contributed by atoms with van der Waals surface area (Å²) in [5.74, 6) is -0.373. The van der Waals surface area contributed by atoms with Crippen LogP contribution in [0.15, 0.2) is 59.9 Å². The fourth-order valence-corrected chi connectivity index (χ4v) is 4.48. The van der Waals surface area contributed by atoms with Crippen molar-refractivity contribution in [2.24, 2.45) is 0 Å². The average Bonchev–Trinajstić information content (AvgIpc) is 3.18. The predicted molar refractivity (Wildman–Crippen MR) is 116 cm³/mol. The number of nitrogens with zero attached hydrogens (tertiary/aromatic N) is 3. The maximum Gasteiger partial charge on any atom is 0.234 e. The highest BCUT2D eigenvalue weighted by Crippen LogP contribution is 2.34. The van der Waals surface area contributed by atoms with Gasteiger partial charge in [-0.1, -0.05) is 11.8 Å². The van der Waals surface area contributed by atoms with E-state index in [1.165, 1.54) is 48.7 Å². The first-order valence-corrected chi connectivity index (χ1v) is 10.7. The quantitative estimate of drug-likeness (QED) is 0.264. The summed E-state index contributed by atoms with van der Waals surface area (Å²) in [6.07, 6.45) is 1.43. The third kappa shape index (κ3) is 4.37. The largest absolute Gasteiger partial charge is 0.325 e. The molecule has 4 rings (SSSR count). The molecule has 150 valence electrons. The summed E-state index contributed by atoms with van der Waals surface area (Å²) in [4.78, 5) is 32.2. The predicted octanol–water partition coefficient (Wildman–Crippen LogP) is 4.83. The number of Topliss-reactive ketones (excluding diaryl/α,β-unsaturated/α-hetero) is 1. The van der Waals surface area contributed by atoms with Gasteiger partial charge in [-0.25, -0.2) is 14.4 Å². The van der Waals surface area contributed by atoms with Gasteiger partial charge in [-0.3, -0.25) is 9.59 Å². The van der Waals surface area contributed by atoms with E-state index in [1.54, 1.807) is 36.4 Å². The van der Waals surface area contributed by atoms with Crippen molar-refractivity contribution in [2.75, 3.05) is 11.1 Å². The zero-order valence-corrected chi connectivity index (χ0v) is 17.4. The van der Waals surface area contributed by atoms with E-state index in [-0.39, 0.29) is 23.3 Å². The van der Waals surface area contributed by atoms with Crippen molar-refractivity contribution >= 4 is 50.9 Å². The van der Waals surface area contributed by atoms with Crippen LogP contribution in [0.3, 0.4) is 0 Å². The number of hydrogen-bond acceptors (Lipinski definition) is 7. The number of carbonyl (C=O) groups excluding carboxylic acids is 2. The van der Waals surface area contributed by atoms with Gasteiger partial charge in [0.25, 0.3) is 0 Å². The number of halogens is 1. The number of thioether (sulfide) groups is 1. The fourth-order valence-electron chi connectivity index (χ4n) is 2.76. The van der Waals surface area contributed by atoms with Crippen LogP contribution >= 0.6 is 23.3 Å². The molecule has 0 radical (unpaired) electrons. The second-order valence-corrected chi connectivity index (χ2v) is 8.10. The fraction of sp³-hybridized carbons (Fsp3) is 0.0952. The van der Waals surface area contributed by atoms with Crippen LogP contribution in [0.2, 0.25) is 0 Å². The first-order chi connectivity index (χ1) is 14.5. The number of ketones is 1. The Kier molecular flexibility index (Phi) is 5.82. The van der Waals surface area contributed by atoms with Crippen molar-refractivity contribution in [3.63, 3.8) is 0 Å². The average molecular weight is 439 g/mol. The molecule has 0 aliphatic rings. The van der Waals surface area contributed by atoms with Gasteiger partial charge in [-0.15, -0.1) is 0 Å². The van der Waals surface area contributed by atoms with Gasteiger partial charge < -0.3 is 5.32 Å². The zero-order chi connectivity index (χ0) is 21.1. The van der Waals surface area contributed by atoms with Crippen LogP contribution in [-0.2, 0) is 4.79 Å². The molecule has 0 aliphatic heterocycles. The van der Waals surface area contributed by atoms with Crippen LogP contribution in [0, 0.1) is 5.82 Å². The molecular formula is C21H15FN4O2S2. The molecular weight excluding hydrogens is 423 g/mol. The molecule has 0 saturated carbocycles. The van der Waals surface area contributed by atoms with Gasteiger partial charge in [-0.2, -0.15) is 4.37 Å². The number of aromatic nitrogens is 3. The summed E-state index contributed by atoms with van der Waals surface area (Å²) in [5.41, 5.74) is 3.31. The van der Waals surface area contributed by atoms with Crippen molar-refractivity contribution in [2.45, 2.75) is 11.9 Å². The lowest BCUT2D eigenvalue weighted by atomic mass is 10.1. The third-order valence-electron chi connectivity index (χ3n) is 4.26. The molecule has 2 aromatic carbocycles. The van der Waals surface area contributed by atoms with Gasteiger partial charge in [0.15, 0.2) is 5.78 Å². The second-order valence-electron chi connectivity index (χ2n) is 6.37. The number of hydrogen-bond donors (Lipinski definition) is 1. The van der Waals surface area contributed by atoms with Crippen LogP contribution in [0.4, 0.5) is 10.1 Å².